The molecular weight excluding hydrogens is 457 g/mol. The van der Waals surface area contributed by atoms with Gasteiger partial charge in [0, 0.05) is 41.9 Å². The van der Waals surface area contributed by atoms with Gasteiger partial charge in [0.15, 0.2) is 5.69 Å². The van der Waals surface area contributed by atoms with Crippen LogP contribution in [0.2, 0.25) is 0 Å². The number of H-pyrrole nitrogens is 1. The molecular formula is C26H23F3N4O2. The second-order valence-corrected chi connectivity index (χ2v) is 8.81. The summed E-state index contributed by atoms with van der Waals surface area (Å²) in [5.41, 5.74) is 1.08. The summed E-state index contributed by atoms with van der Waals surface area (Å²) < 4.78 is 40.7. The lowest BCUT2D eigenvalue weighted by atomic mass is 9.89. The number of benzene rings is 2. The van der Waals surface area contributed by atoms with Gasteiger partial charge in [0.2, 0.25) is 5.43 Å². The van der Waals surface area contributed by atoms with Gasteiger partial charge in [-0.3, -0.25) is 9.59 Å². The molecule has 5 rings (SSSR count). The van der Waals surface area contributed by atoms with E-state index in [2.05, 4.69) is 16.1 Å². The van der Waals surface area contributed by atoms with Crippen LogP contribution < -0.4 is 5.43 Å². The molecule has 0 aliphatic carbocycles. The van der Waals surface area contributed by atoms with Crippen molar-refractivity contribution in [3.05, 3.63) is 93.5 Å². The number of nitrogens with zero attached hydrogens (tertiary/aromatic N) is 3. The molecule has 1 N–H and O–H groups in total. The highest BCUT2D eigenvalue weighted by atomic mass is 19.4. The second kappa shape index (κ2) is 8.72. The fraction of sp³-hybridized carbons (Fsp3) is 0.269. The fourth-order valence-electron chi connectivity index (χ4n) is 4.75. The number of rotatable bonds is 3. The molecule has 0 unspecified atom stereocenters. The number of hydrogen-bond donors (Lipinski definition) is 1. The summed E-state index contributed by atoms with van der Waals surface area (Å²) in [7, 11) is 0. The lowest BCUT2D eigenvalue weighted by molar-refractivity contribution is -0.137. The largest absolute Gasteiger partial charge is 0.416 e. The van der Waals surface area contributed by atoms with Gasteiger partial charge in [-0.25, -0.2) is 4.68 Å². The number of aryl methyl sites for hydroxylation is 1. The number of para-hydroxylation sites is 1. The summed E-state index contributed by atoms with van der Waals surface area (Å²) in [6.07, 6.45) is -1.03. The number of carbonyl (C=O) groups excluding carboxylic acids is 1. The molecule has 0 bridgehead atoms. The van der Waals surface area contributed by atoms with E-state index in [0.717, 1.165) is 30.5 Å². The van der Waals surface area contributed by atoms with Gasteiger partial charge >= 0.3 is 6.18 Å². The lowest BCUT2D eigenvalue weighted by Gasteiger charge is -2.31. The first-order valence-corrected chi connectivity index (χ1v) is 11.4. The molecule has 180 valence electrons. The lowest BCUT2D eigenvalue weighted by Crippen LogP contribution is -2.41. The minimum absolute atomic E-state index is 0.129. The van der Waals surface area contributed by atoms with Crippen LogP contribution in [0, 0.1) is 6.92 Å². The number of aromatic nitrogens is 3. The zero-order valence-corrected chi connectivity index (χ0v) is 19.0. The van der Waals surface area contributed by atoms with Crippen LogP contribution in [0.4, 0.5) is 13.2 Å². The molecule has 0 radical (unpaired) electrons. The van der Waals surface area contributed by atoms with E-state index in [9.17, 15) is 22.8 Å². The maximum atomic E-state index is 13.2. The van der Waals surface area contributed by atoms with Crippen molar-refractivity contribution in [3.63, 3.8) is 0 Å². The number of fused-ring (bicyclic) bond motifs is 1. The minimum atomic E-state index is -4.52. The zero-order valence-electron chi connectivity index (χ0n) is 19.0. The Morgan fingerprint density at radius 2 is 1.80 bits per heavy atom. The molecule has 0 atom stereocenters. The average Bonchev–Trinajstić information content (AvgIpc) is 3.28. The van der Waals surface area contributed by atoms with Gasteiger partial charge in [-0.2, -0.15) is 18.3 Å². The normalized spacial score (nSPS) is 15.0. The van der Waals surface area contributed by atoms with E-state index in [4.69, 9.17) is 0 Å². The first-order chi connectivity index (χ1) is 16.7. The summed E-state index contributed by atoms with van der Waals surface area (Å²) in [5.74, 6) is -0.226. The fourth-order valence-corrected chi connectivity index (χ4v) is 4.75. The number of aromatic amines is 1. The first-order valence-electron chi connectivity index (χ1n) is 11.4. The number of likely N-dealkylation sites (tertiary alicyclic amines) is 1. The van der Waals surface area contributed by atoms with Gasteiger partial charge in [0.25, 0.3) is 5.91 Å². The van der Waals surface area contributed by atoms with Crippen molar-refractivity contribution in [1.82, 2.24) is 19.7 Å². The van der Waals surface area contributed by atoms with E-state index in [0.29, 0.717) is 18.8 Å². The average molecular weight is 480 g/mol. The number of hydrogen-bond acceptors (Lipinski definition) is 3. The van der Waals surface area contributed by atoms with E-state index in [-0.39, 0.29) is 17.3 Å². The maximum absolute atomic E-state index is 13.2. The number of alkyl halides is 3. The number of amides is 1. The van der Waals surface area contributed by atoms with Crippen molar-refractivity contribution >= 4 is 16.8 Å². The van der Waals surface area contributed by atoms with Crippen LogP contribution in [0.25, 0.3) is 16.6 Å². The maximum Gasteiger partial charge on any atom is 0.416 e. The van der Waals surface area contributed by atoms with Crippen molar-refractivity contribution in [2.24, 2.45) is 0 Å². The third-order valence-electron chi connectivity index (χ3n) is 6.57. The Labute approximate surface area is 199 Å². The predicted molar refractivity (Wildman–Crippen MR) is 126 cm³/mol. The number of nitrogens with one attached hydrogen (secondary N) is 1. The molecule has 1 amide bonds. The van der Waals surface area contributed by atoms with Crippen LogP contribution in [0.1, 0.15) is 46.1 Å². The highest BCUT2D eigenvalue weighted by molar-refractivity contribution is 5.92. The van der Waals surface area contributed by atoms with Gasteiger partial charge in [-0.1, -0.05) is 24.3 Å². The Kier molecular flexibility index (Phi) is 5.70. The SMILES string of the molecule is Cc1cc(=O)c(C(=O)N2CCC(c3c[nH]c4ccccc34)CC2)nn1-c1cccc(C(F)(F)F)c1. The van der Waals surface area contributed by atoms with Gasteiger partial charge in [0.1, 0.15) is 0 Å². The zero-order chi connectivity index (χ0) is 24.7. The highest BCUT2D eigenvalue weighted by Crippen LogP contribution is 2.33. The highest BCUT2D eigenvalue weighted by Gasteiger charge is 2.31. The molecule has 35 heavy (non-hydrogen) atoms. The van der Waals surface area contributed by atoms with E-state index in [1.807, 2.05) is 24.4 Å². The minimum Gasteiger partial charge on any atom is -0.361 e. The summed E-state index contributed by atoms with van der Waals surface area (Å²) in [4.78, 5) is 30.7. The summed E-state index contributed by atoms with van der Waals surface area (Å²) in [6.45, 7) is 2.48. The summed E-state index contributed by atoms with van der Waals surface area (Å²) in [6, 6.07) is 14.0. The smallest absolute Gasteiger partial charge is 0.361 e. The van der Waals surface area contributed by atoms with Crippen LogP contribution in [0.15, 0.2) is 65.6 Å². The second-order valence-electron chi connectivity index (χ2n) is 8.81. The van der Waals surface area contributed by atoms with Crippen molar-refractivity contribution in [2.45, 2.75) is 31.9 Å². The molecule has 6 nitrogen and oxygen atoms in total. The van der Waals surface area contributed by atoms with Crippen molar-refractivity contribution in [2.75, 3.05) is 13.1 Å². The molecule has 2 aromatic heterocycles. The first kappa shape index (κ1) is 22.9. The van der Waals surface area contributed by atoms with E-state index in [1.165, 1.54) is 33.8 Å². The van der Waals surface area contributed by atoms with Gasteiger partial charge < -0.3 is 9.88 Å². The van der Waals surface area contributed by atoms with E-state index >= 15 is 0 Å². The van der Waals surface area contributed by atoms with Crippen molar-refractivity contribution in [3.8, 4) is 5.69 Å². The number of carbonyl (C=O) groups is 1. The van der Waals surface area contributed by atoms with Crippen LogP contribution in [-0.2, 0) is 6.18 Å². The molecule has 1 aliphatic heterocycles. The van der Waals surface area contributed by atoms with Gasteiger partial charge in [-0.15, -0.1) is 0 Å². The van der Waals surface area contributed by atoms with Crippen LogP contribution in [-0.4, -0.2) is 38.7 Å². The summed E-state index contributed by atoms with van der Waals surface area (Å²) >= 11 is 0. The van der Waals surface area contributed by atoms with Crippen molar-refractivity contribution < 1.29 is 18.0 Å². The molecule has 0 saturated carbocycles. The predicted octanol–water partition coefficient (Wildman–Crippen LogP) is 5.06. The van der Waals surface area contributed by atoms with Crippen LogP contribution >= 0.6 is 0 Å². The van der Waals surface area contributed by atoms with Gasteiger partial charge in [-0.05, 0) is 55.5 Å². The molecule has 1 saturated heterocycles. The van der Waals surface area contributed by atoms with E-state index in [1.54, 1.807) is 11.8 Å². The van der Waals surface area contributed by atoms with Crippen LogP contribution in [0.3, 0.4) is 0 Å². The monoisotopic (exact) mass is 480 g/mol. The molecule has 3 heterocycles. The third-order valence-corrected chi connectivity index (χ3v) is 6.57. The standard InChI is InChI=1S/C26H23F3N4O2/c1-16-13-23(34)24(31-33(16)19-6-4-5-18(14-19)26(27,28)29)25(35)32-11-9-17(10-12-32)21-15-30-22-8-3-2-7-20(21)22/h2-8,13-15,17,30H,9-12H2,1H3. The Morgan fingerprint density at radius 1 is 1.06 bits per heavy atom. The third kappa shape index (κ3) is 4.34. The molecule has 9 heteroatoms. The topological polar surface area (TPSA) is 71.0 Å². The van der Waals surface area contributed by atoms with Gasteiger partial charge in [0.05, 0.1) is 11.3 Å². The van der Waals surface area contributed by atoms with Crippen LogP contribution in [0.5, 0.6) is 0 Å². The molecule has 4 aromatic rings. The Balaban J connectivity index is 1.38. The number of halogens is 3. The van der Waals surface area contributed by atoms with Crippen molar-refractivity contribution in [1.29, 1.82) is 0 Å². The van der Waals surface area contributed by atoms with E-state index < -0.39 is 23.1 Å². The summed E-state index contributed by atoms with van der Waals surface area (Å²) in [5, 5.41) is 5.36. The molecule has 2 aromatic carbocycles. The number of piperidine rings is 1. The Morgan fingerprint density at radius 3 is 2.54 bits per heavy atom. The molecule has 1 aliphatic rings. The Bertz CT molecular complexity index is 1460. The quantitative estimate of drug-likeness (QED) is 0.446. The molecule has 0 spiro atoms. The Hall–Kier alpha value is -3.88. The molecule has 1 fully saturated rings.